The van der Waals surface area contributed by atoms with Gasteiger partial charge in [0.2, 0.25) is 10.0 Å². The van der Waals surface area contributed by atoms with Crippen molar-refractivity contribution in [3.63, 3.8) is 0 Å². The van der Waals surface area contributed by atoms with Gasteiger partial charge in [-0.05, 0) is 37.5 Å². The van der Waals surface area contributed by atoms with Crippen LogP contribution >= 0.6 is 11.3 Å². The molecule has 0 N–H and O–H groups in total. The van der Waals surface area contributed by atoms with E-state index >= 15 is 0 Å². The van der Waals surface area contributed by atoms with Crippen molar-refractivity contribution in [2.75, 3.05) is 6.54 Å². The van der Waals surface area contributed by atoms with E-state index in [-0.39, 0.29) is 5.56 Å². The second-order valence-corrected chi connectivity index (χ2v) is 9.85. The van der Waals surface area contributed by atoms with Gasteiger partial charge in [0.15, 0.2) is 0 Å². The van der Waals surface area contributed by atoms with Gasteiger partial charge in [-0.2, -0.15) is 4.31 Å². The van der Waals surface area contributed by atoms with E-state index < -0.39 is 10.0 Å². The fourth-order valence-corrected chi connectivity index (χ4v) is 6.14. The molecule has 8 heteroatoms. The van der Waals surface area contributed by atoms with Gasteiger partial charge in [0.25, 0.3) is 5.56 Å². The molecule has 3 aromatic rings. The molecule has 0 radical (unpaired) electrons. The van der Waals surface area contributed by atoms with Crippen LogP contribution in [0.2, 0.25) is 0 Å². The van der Waals surface area contributed by atoms with Crippen LogP contribution in [-0.2, 0) is 29.5 Å². The first kappa shape index (κ1) is 18.3. The number of hydrogen-bond acceptors (Lipinski definition) is 5. The minimum Gasteiger partial charge on any atom is -0.299 e. The zero-order valence-corrected chi connectivity index (χ0v) is 16.9. The summed E-state index contributed by atoms with van der Waals surface area (Å²) in [5.41, 5.74) is 1.97. The van der Waals surface area contributed by atoms with E-state index in [1.54, 1.807) is 23.0 Å². The van der Waals surface area contributed by atoms with Gasteiger partial charge in [-0.15, -0.1) is 11.3 Å². The molecule has 0 saturated carbocycles. The normalized spacial score (nSPS) is 15.2. The Kier molecular flexibility index (Phi) is 4.65. The van der Waals surface area contributed by atoms with Crippen molar-refractivity contribution >= 4 is 31.6 Å². The van der Waals surface area contributed by atoms with Crippen LogP contribution in [0.3, 0.4) is 0 Å². The van der Waals surface area contributed by atoms with Gasteiger partial charge in [-0.25, -0.2) is 13.4 Å². The predicted molar refractivity (Wildman–Crippen MR) is 107 cm³/mol. The van der Waals surface area contributed by atoms with Gasteiger partial charge >= 0.3 is 0 Å². The molecular formula is C19H21N3O3S2. The summed E-state index contributed by atoms with van der Waals surface area (Å²) < 4.78 is 29.1. The summed E-state index contributed by atoms with van der Waals surface area (Å²) in [6.45, 7) is 5.25. The van der Waals surface area contributed by atoms with Crippen LogP contribution in [0.5, 0.6) is 0 Å². The van der Waals surface area contributed by atoms with E-state index in [1.807, 2.05) is 26.0 Å². The number of rotatable bonds is 4. The van der Waals surface area contributed by atoms with E-state index in [4.69, 9.17) is 0 Å². The topological polar surface area (TPSA) is 72.3 Å². The summed E-state index contributed by atoms with van der Waals surface area (Å²) in [5, 5.41) is 0.665. The number of sulfonamides is 1. The van der Waals surface area contributed by atoms with Crippen LogP contribution in [0, 0.1) is 6.92 Å². The predicted octanol–water partition coefficient (Wildman–Crippen LogP) is 2.92. The first-order valence-electron chi connectivity index (χ1n) is 8.98. The molecule has 0 spiro atoms. The van der Waals surface area contributed by atoms with Crippen molar-refractivity contribution in [1.29, 1.82) is 0 Å². The summed E-state index contributed by atoms with van der Waals surface area (Å²) in [6, 6.07) is 6.91. The average molecular weight is 404 g/mol. The fourth-order valence-electron chi connectivity index (χ4n) is 3.46. The first-order chi connectivity index (χ1) is 12.9. The molecule has 0 saturated heterocycles. The molecule has 0 amide bonds. The maximum absolute atomic E-state index is 13.0. The molecule has 0 fully saturated rings. The van der Waals surface area contributed by atoms with E-state index in [9.17, 15) is 13.2 Å². The van der Waals surface area contributed by atoms with Crippen LogP contribution in [-0.4, -0.2) is 28.8 Å². The van der Waals surface area contributed by atoms with Gasteiger partial charge in [-0.1, -0.05) is 24.6 Å². The number of aryl methyl sites for hydroxylation is 2. The molecule has 2 aromatic heterocycles. The third-order valence-corrected chi connectivity index (χ3v) is 7.90. The number of thiophene rings is 1. The monoisotopic (exact) mass is 403 g/mol. The summed E-state index contributed by atoms with van der Waals surface area (Å²) in [5.74, 6) is 0. The van der Waals surface area contributed by atoms with Gasteiger partial charge < -0.3 is 0 Å². The summed E-state index contributed by atoms with van der Waals surface area (Å²) in [7, 11) is -3.55. The Morgan fingerprint density at radius 2 is 1.96 bits per heavy atom. The van der Waals surface area contributed by atoms with E-state index in [0.29, 0.717) is 41.2 Å². The Bertz CT molecular complexity index is 1160. The van der Waals surface area contributed by atoms with Crippen LogP contribution in [0.25, 0.3) is 10.2 Å². The van der Waals surface area contributed by atoms with Crippen molar-refractivity contribution in [3.8, 4) is 0 Å². The van der Waals surface area contributed by atoms with E-state index in [0.717, 1.165) is 22.4 Å². The maximum Gasteiger partial charge on any atom is 0.262 e. The smallest absolute Gasteiger partial charge is 0.262 e. The molecule has 0 bridgehead atoms. The lowest BCUT2D eigenvalue weighted by Crippen LogP contribution is -2.35. The van der Waals surface area contributed by atoms with Crippen molar-refractivity contribution in [1.82, 2.24) is 13.9 Å². The van der Waals surface area contributed by atoms with Crippen LogP contribution in [0.4, 0.5) is 0 Å². The average Bonchev–Trinajstić information content (AvgIpc) is 3.03. The minimum absolute atomic E-state index is 0.0193. The molecular weight excluding hydrogens is 382 g/mol. The minimum atomic E-state index is -3.55. The Morgan fingerprint density at radius 1 is 1.22 bits per heavy atom. The summed E-state index contributed by atoms with van der Waals surface area (Å²) >= 11 is 1.43. The molecule has 4 rings (SSSR count). The molecule has 0 aliphatic carbocycles. The van der Waals surface area contributed by atoms with E-state index in [2.05, 4.69) is 4.98 Å². The second-order valence-electron chi connectivity index (χ2n) is 6.83. The van der Waals surface area contributed by atoms with Gasteiger partial charge in [0.05, 0.1) is 16.6 Å². The standard InChI is InChI=1S/C19H21N3O3S2/c1-3-9-21-12-20-18-17(19(21)23)15-8-10-22(11-16(15)26-18)27(24,25)14-6-4-13(2)5-7-14/h4-7,12H,3,8-11H2,1-2H3. The molecule has 1 aromatic carbocycles. The zero-order valence-electron chi connectivity index (χ0n) is 15.3. The van der Waals surface area contributed by atoms with Gasteiger partial charge in [0, 0.05) is 24.5 Å². The lowest BCUT2D eigenvalue weighted by molar-refractivity contribution is 0.396. The van der Waals surface area contributed by atoms with Crippen LogP contribution in [0.15, 0.2) is 40.3 Å². The van der Waals surface area contributed by atoms with Gasteiger partial charge in [0.1, 0.15) is 4.83 Å². The Morgan fingerprint density at radius 3 is 2.67 bits per heavy atom. The highest BCUT2D eigenvalue weighted by Gasteiger charge is 2.31. The van der Waals surface area contributed by atoms with Gasteiger partial charge in [-0.3, -0.25) is 9.36 Å². The highest BCUT2D eigenvalue weighted by Crippen LogP contribution is 2.34. The summed E-state index contributed by atoms with van der Waals surface area (Å²) in [6.07, 6.45) is 2.99. The molecule has 1 aliphatic heterocycles. The first-order valence-corrected chi connectivity index (χ1v) is 11.2. The number of nitrogens with zero attached hydrogens (tertiary/aromatic N) is 3. The lowest BCUT2D eigenvalue weighted by atomic mass is 10.1. The molecule has 27 heavy (non-hydrogen) atoms. The maximum atomic E-state index is 13.0. The number of benzene rings is 1. The summed E-state index contributed by atoms with van der Waals surface area (Å²) in [4.78, 5) is 19.1. The molecule has 0 atom stereocenters. The molecule has 0 unspecified atom stereocenters. The zero-order chi connectivity index (χ0) is 19.2. The largest absolute Gasteiger partial charge is 0.299 e. The van der Waals surface area contributed by atoms with Crippen molar-refractivity contribution < 1.29 is 8.42 Å². The number of fused-ring (bicyclic) bond motifs is 3. The van der Waals surface area contributed by atoms with Crippen molar-refractivity contribution in [3.05, 3.63) is 57.0 Å². The van der Waals surface area contributed by atoms with Crippen LogP contribution < -0.4 is 5.56 Å². The Labute approximate surface area is 162 Å². The van der Waals surface area contributed by atoms with Crippen molar-refractivity contribution in [2.45, 2.75) is 44.7 Å². The molecule has 1 aliphatic rings. The fraction of sp³-hybridized carbons (Fsp3) is 0.368. The third kappa shape index (κ3) is 3.11. The van der Waals surface area contributed by atoms with Crippen LogP contribution in [0.1, 0.15) is 29.3 Å². The quantitative estimate of drug-likeness (QED) is 0.671. The van der Waals surface area contributed by atoms with Crippen molar-refractivity contribution in [2.24, 2.45) is 0 Å². The van der Waals surface area contributed by atoms with E-state index in [1.165, 1.54) is 15.6 Å². The second kappa shape index (κ2) is 6.85. The molecule has 3 heterocycles. The third-order valence-electron chi connectivity index (χ3n) is 4.92. The lowest BCUT2D eigenvalue weighted by Gasteiger charge is -2.26. The SMILES string of the molecule is CCCn1cnc2sc3c(c2c1=O)CCN(S(=O)(=O)c1ccc(C)cc1)C3. The molecule has 6 nitrogen and oxygen atoms in total. The Balaban J connectivity index is 1.72. The number of hydrogen-bond donors (Lipinski definition) is 0. The number of aromatic nitrogens is 2. The highest BCUT2D eigenvalue weighted by atomic mass is 32.2. The Hall–Kier alpha value is -2.03. The molecule has 142 valence electrons. The highest BCUT2D eigenvalue weighted by molar-refractivity contribution is 7.89.